The van der Waals surface area contributed by atoms with E-state index in [1.54, 1.807) is 28.7 Å². The molecule has 0 unspecified atom stereocenters. The molecule has 8 nitrogen and oxygen atoms in total. The van der Waals surface area contributed by atoms with Gasteiger partial charge in [-0.1, -0.05) is 24.3 Å². The van der Waals surface area contributed by atoms with Crippen molar-refractivity contribution < 1.29 is 8.42 Å². The average Bonchev–Trinajstić information content (AvgIpc) is 2.81. The largest absolute Gasteiger partial charge is 0.324 e. The molecule has 2 aromatic carbocycles. The minimum atomic E-state index is -3.57. The van der Waals surface area contributed by atoms with Gasteiger partial charge in [-0.25, -0.2) is 13.4 Å². The van der Waals surface area contributed by atoms with Crippen molar-refractivity contribution in [2.45, 2.75) is 38.1 Å². The van der Waals surface area contributed by atoms with Gasteiger partial charge in [0.25, 0.3) is 0 Å². The van der Waals surface area contributed by atoms with Crippen LogP contribution in [0.2, 0.25) is 0 Å². The molecule has 9 heteroatoms. The first-order valence-corrected chi connectivity index (χ1v) is 13.2. The molecular formula is C26H34N6O2S. The first-order valence-electron chi connectivity index (χ1n) is 11.8. The molecule has 0 amide bonds. The lowest BCUT2D eigenvalue weighted by Gasteiger charge is -2.37. The highest BCUT2D eigenvalue weighted by molar-refractivity contribution is 7.89. The number of aryl methyl sites for hydroxylation is 1. The first-order chi connectivity index (χ1) is 16.6. The molecule has 3 aromatic rings. The van der Waals surface area contributed by atoms with Crippen LogP contribution in [0.25, 0.3) is 0 Å². The van der Waals surface area contributed by atoms with Crippen molar-refractivity contribution >= 4 is 33.2 Å². The van der Waals surface area contributed by atoms with Crippen LogP contribution in [-0.4, -0.2) is 66.4 Å². The van der Waals surface area contributed by atoms with Crippen LogP contribution in [0, 0.1) is 6.92 Å². The Labute approximate surface area is 208 Å². The Balaban J connectivity index is 1.63. The molecule has 0 spiro atoms. The van der Waals surface area contributed by atoms with Crippen molar-refractivity contribution in [3.8, 4) is 0 Å². The van der Waals surface area contributed by atoms with E-state index in [-0.39, 0.29) is 10.4 Å². The molecule has 1 saturated heterocycles. The van der Waals surface area contributed by atoms with Crippen molar-refractivity contribution in [1.29, 1.82) is 0 Å². The number of para-hydroxylation sites is 1. The van der Waals surface area contributed by atoms with Crippen LogP contribution in [-0.2, 0) is 10.0 Å². The maximum absolute atomic E-state index is 13.2. The van der Waals surface area contributed by atoms with Crippen molar-refractivity contribution in [1.82, 2.24) is 19.2 Å². The third-order valence-corrected chi connectivity index (χ3v) is 7.93. The molecule has 1 aliphatic heterocycles. The fourth-order valence-electron chi connectivity index (χ4n) is 4.16. The van der Waals surface area contributed by atoms with Gasteiger partial charge in [0.15, 0.2) is 0 Å². The molecule has 0 atom stereocenters. The number of hydrogen-bond donors (Lipinski definition) is 1. The van der Waals surface area contributed by atoms with E-state index in [1.807, 2.05) is 38.2 Å². The number of nitrogens with zero attached hydrogens (tertiary/aromatic N) is 5. The second kappa shape index (κ2) is 9.93. The Bertz CT molecular complexity index is 1270. The predicted molar refractivity (Wildman–Crippen MR) is 141 cm³/mol. The van der Waals surface area contributed by atoms with E-state index in [9.17, 15) is 8.42 Å². The molecule has 0 radical (unpaired) electrons. The van der Waals surface area contributed by atoms with E-state index in [0.29, 0.717) is 24.7 Å². The normalized spacial score (nSPS) is 15.7. The number of likely N-dealkylation sites (N-methyl/N-ethyl adjacent to an activating group) is 1. The van der Waals surface area contributed by atoms with E-state index in [1.165, 1.54) is 0 Å². The van der Waals surface area contributed by atoms with Crippen LogP contribution in [0.4, 0.5) is 23.1 Å². The van der Waals surface area contributed by atoms with Crippen molar-refractivity contribution in [2.75, 3.05) is 43.4 Å². The molecule has 1 aliphatic rings. The van der Waals surface area contributed by atoms with Gasteiger partial charge in [0.05, 0.1) is 4.90 Å². The summed E-state index contributed by atoms with van der Waals surface area (Å²) in [5, 5.41) is 3.21. The Morgan fingerprint density at radius 2 is 1.66 bits per heavy atom. The lowest BCUT2D eigenvalue weighted by Crippen LogP contribution is -2.47. The van der Waals surface area contributed by atoms with E-state index in [0.717, 1.165) is 30.2 Å². The van der Waals surface area contributed by atoms with Crippen LogP contribution in [0.5, 0.6) is 0 Å². The quantitative estimate of drug-likeness (QED) is 0.544. The highest BCUT2D eigenvalue weighted by atomic mass is 32.2. The van der Waals surface area contributed by atoms with Gasteiger partial charge in [-0.05, 0) is 65.1 Å². The number of rotatable bonds is 6. The van der Waals surface area contributed by atoms with Gasteiger partial charge < -0.3 is 15.1 Å². The molecule has 0 aliphatic carbocycles. The zero-order valence-corrected chi connectivity index (χ0v) is 21.9. The lowest BCUT2D eigenvalue weighted by molar-refractivity contribution is 0.222. The molecule has 1 N–H and O–H groups in total. The molecule has 35 heavy (non-hydrogen) atoms. The Morgan fingerprint density at radius 3 is 2.31 bits per heavy atom. The van der Waals surface area contributed by atoms with Crippen molar-refractivity contribution in [3.63, 3.8) is 0 Å². The summed E-state index contributed by atoms with van der Waals surface area (Å²) in [6.07, 6.45) is 1.79. The molecule has 186 valence electrons. The summed E-state index contributed by atoms with van der Waals surface area (Å²) in [6, 6.07) is 17.0. The number of piperazine rings is 1. The average molecular weight is 495 g/mol. The molecule has 0 bridgehead atoms. The van der Waals surface area contributed by atoms with Gasteiger partial charge in [-0.3, -0.25) is 0 Å². The third-order valence-electron chi connectivity index (χ3n) is 6.03. The number of benzene rings is 2. The maximum atomic E-state index is 13.2. The van der Waals surface area contributed by atoms with Crippen LogP contribution in [0.3, 0.4) is 0 Å². The number of aromatic nitrogens is 2. The Kier molecular flexibility index (Phi) is 7.12. The smallest absolute Gasteiger partial charge is 0.243 e. The van der Waals surface area contributed by atoms with Gasteiger partial charge in [-0.15, -0.1) is 0 Å². The minimum Gasteiger partial charge on any atom is -0.324 e. The van der Waals surface area contributed by atoms with E-state index < -0.39 is 10.0 Å². The van der Waals surface area contributed by atoms with Crippen LogP contribution >= 0.6 is 0 Å². The SMILES string of the molecule is Cc1cnc(Nc2cccc(S(=O)(=O)N3CCN(C)CC3)c2)nc1N(c1ccccc1)C(C)(C)C. The van der Waals surface area contributed by atoms with Crippen LogP contribution < -0.4 is 10.2 Å². The second-order valence-corrected chi connectivity index (χ2v) is 11.8. The fourth-order valence-corrected chi connectivity index (χ4v) is 5.63. The van der Waals surface area contributed by atoms with Gasteiger partial charge >= 0.3 is 0 Å². The van der Waals surface area contributed by atoms with Crippen molar-refractivity contribution in [2.24, 2.45) is 0 Å². The molecule has 2 heterocycles. The first kappa shape index (κ1) is 25.1. The number of nitrogens with one attached hydrogen (secondary N) is 1. The highest BCUT2D eigenvalue weighted by Crippen LogP contribution is 2.34. The number of anilines is 4. The van der Waals surface area contributed by atoms with E-state index >= 15 is 0 Å². The zero-order chi connectivity index (χ0) is 25.2. The summed E-state index contributed by atoms with van der Waals surface area (Å²) in [5.41, 5.74) is 2.37. The van der Waals surface area contributed by atoms with Crippen LogP contribution in [0.15, 0.2) is 65.7 Å². The van der Waals surface area contributed by atoms with Crippen LogP contribution in [0.1, 0.15) is 26.3 Å². The summed E-state index contributed by atoms with van der Waals surface area (Å²) in [7, 11) is -1.56. The second-order valence-electron chi connectivity index (χ2n) is 9.90. The maximum Gasteiger partial charge on any atom is 0.243 e. The molecule has 4 rings (SSSR count). The standard InChI is InChI=1S/C26H34N6O2S/c1-20-19-27-25(29-24(20)32(26(2,3)4)22-11-7-6-8-12-22)28-21-10-9-13-23(18-21)35(33,34)31-16-14-30(5)15-17-31/h6-13,18-19H,14-17H2,1-5H3,(H,27,28,29). The molecule has 1 aromatic heterocycles. The Hall–Kier alpha value is -3.01. The van der Waals surface area contributed by atoms with Gasteiger partial charge in [-0.2, -0.15) is 9.29 Å². The monoisotopic (exact) mass is 494 g/mol. The lowest BCUT2D eigenvalue weighted by atomic mass is 10.0. The van der Waals surface area contributed by atoms with Gasteiger partial charge in [0.1, 0.15) is 5.82 Å². The fraction of sp³-hybridized carbons (Fsp3) is 0.385. The highest BCUT2D eigenvalue weighted by Gasteiger charge is 2.28. The van der Waals surface area contributed by atoms with E-state index in [2.05, 4.69) is 53.0 Å². The van der Waals surface area contributed by atoms with Crippen molar-refractivity contribution in [3.05, 3.63) is 66.4 Å². The molecule has 1 fully saturated rings. The summed E-state index contributed by atoms with van der Waals surface area (Å²) < 4.78 is 27.9. The zero-order valence-electron chi connectivity index (χ0n) is 21.1. The molecule has 0 saturated carbocycles. The number of sulfonamides is 1. The summed E-state index contributed by atoms with van der Waals surface area (Å²) in [5.74, 6) is 1.20. The minimum absolute atomic E-state index is 0.228. The predicted octanol–water partition coefficient (Wildman–Crippen LogP) is 4.40. The Morgan fingerprint density at radius 1 is 0.971 bits per heavy atom. The van der Waals surface area contributed by atoms with Gasteiger partial charge in [0.2, 0.25) is 16.0 Å². The number of hydrogen-bond acceptors (Lipinski definition) is 7. The summed E-state index contributed by atoms with van der Waals surface area (Å²) >= 11 is 0. The summed E-state index contributed by atoms with van der Waals surface area (Å²) in [4.78, 5) is 13.9. The molecular weight excluding hydrogens is 460 g/mol. The third kappa shape index (κ3) is 5.63. The van der Waals surface area contributed by atoms with E-state index in [4.69, 9.17) is 4.98 Å². The topological polar surface area (TPSA) is 81.7 Å². The summed E-state index contributed by atoms with van der Waals surface area (Å²) in [6.45, 7) is 10.8. The van der Waals surface area contributed by atoms with Gasteiger partial charge in [0, 0.05) is 54.9 Å².